The molecule has 4 rings (SSSR count). The highest BCUT2D eigenvalue weighted by Gasteiger charge is 2.16. The zero-order valence-corrected chi connectivity index (χ0v) is 17.8. The Balaban J connectivity index is 1.42. The lowest BCUT2D eigenvalue weighted by atomic mass is 10.1. The van der Waals surface area contributed by atoms with Gasteiger partial charge in [-0.05, 0) is 49.6 Å². The van der Waals surface area contributed by atoms with Crippen LogP contribution in [-0.4, -0.2) is 48.2 Å². The molecule has 1 amide bonds. The number of fused-ring (bicyclic) bond motifs is 1. The molecule has 1 aliphatic rings. The lowest BCUT2D eigenvalue weighted by Crippen LogP contribution is -2.25. The number of ether oxygens (including phenoxy) is 4. The number of aromatic nitrogens is 2. The number of amides is 1. The second-order valence-electron chi connectivity index (χ2n) is 7.60. The molecule has 2 heterocycles. The van der Waals surface area contributed by atoms with Crippen LogP contribution in [0.5, 0.6) is 17.2 Å². The van der Waals surface area contributed by atoms with E-state index < -0.39 is 5.91 Å². The molecule has 1 saturated heterocycles. The van der Waals surface area contributed by atoms with Gasteiger partial charge in [0.25, 0.3) is 5.91 Å². The molecule has 2 N–H and O–H groups in total. The monoisotopic (exact) mass is 425 g/mol. The van der Waals surface area contributed by atoms with Crippen molar-refractivity contribution < 1.29 is 23.7 Å². The maximum absolute atomic E-state index is 11.9. The molecule has 1 aromatic heterocycles. The van der Waals surface area contributed by atoms with Crippen molar-refractivity contribution in [1.29, 1.82) is 0 Å². The zero-order chi connectivity index (χ0) is 21.8. The van der Waals surface area contributed by atoms with E-state index in [2.05, 4.69) is 5.10 Å². The van der Waals surface area contributed by atoms with E-state index in [-0.39, 0.29) is 6.10 Å². The standard InChI is InChI=1S/C23H27N3O5/c1-15-11-18(30-10-9-29-17-5-7-28-8-6-17)3-4-21(15)31-22-13-20-16(14-25-26(20)2)12-19(22)23(24)27/h3-4,11-14,17H,5-10H2,1-2H3,(H2,24,27). The van der Waals surface area contributed by atoms with E-state index in [1.54, 1.807) is 23.0 Å². The minimum absolute atomic E-state index is 0.256. The molecule has 8 nitrogen and oxygen atoms in total. The van der Waals surface area contributed by atoms with Crippen LogP contribution in [0.1, 0.15) is 28.8 Å². The average molecular weight is 425 g/mol. The molecule has 0 spiro atoms. The van der Waals surface area contributed by atoms with Gasteiger partial charge in [0.1, 0.15) is 23.9 Å². The van der Waals surface area contributed by atoms with E-state index in [1.165, 1.54) is 0 Å². The van der Waals surface area contributed by atoms with Gasteiger partial charge in [0.15, 0.2) is 0 Å². The lowest BCUT2D eigenvalue weighted by molar-refractivity contribution is -0.0388. The van der Waals surface area contributed by atoms with Crippen LogP contribution in [0.3, 0.4) is 0 Å². The summed E-state index contributed by atoms with van der Waals surface area (Å²) >= 11 is 0. The highest BCUT2D eigenvalue weighted by atomic mass is 16.5. The van der Waals surface area contributed by atoms with Crippen molar-refractivity contribution in [3.05, 3.63) is 47.7 Å². The summed E-state index contributed by atoms with van der Waals surface area (Å²) in [6, 6.07) is 9.03. The summed E-state index contributed by atoms with van der Waals surface area (Å²) in [6.45, 7) is 4.45. The Hall–Kier alpha value is -3.10. The number of rotatable bonds is 8. The van der Waals surface area contributed by atoms with E-state index in [1.807, 2.05) is 32.2 Å². The molecule has 0 unspecified atom stereocenters. The first-order valence-corrected chi connectivity index (χ1v) is 10.4. The van der Waals surface area contributed by atoms with Crippen LogP contribution in [0, 0.1) is 6.92 Å². The molecule has 0 saturated carbocycles. The molecule has 8 heteroatoms. The molecular formula is C23H27N3O5. The van der Waals surface area contributed by atoms with Crippen molar-refractivity contribution in [2.75, 3.05) is 26.4 Å². The third kappa shape index (κ3) is 4.98. The first kappa shape index (κ1) is 21.1. The summed E-state index contributed by atoms with van der Waals surface area (Å²) in [5, 5.41) is 5.04. The lowest BCUT2D eigenvalue weighted by Gasteiger charge is -2.22. The van der Waals surface area contributed by atoms with E-state index in [0.29, 0.717) is 30.3 Å². The van der Waals surface area contributed by atoms with Crippen molar-refractivity contribution in [2.24, 2.45) is 12.8 Å². The maximum atomic E-state index is 11.9. The van der Waals surface area contributed by atoms with Crippen LogP contribution in [0.2, 0.25) is 0 Å². The summed E-state index contributed by atoms with van der Waals surface area (Å²) in [4.78, 5) is 11.9. The predicted octanol–water partition coefficient (Wildman–Crippen LogP) is 3.35. The van der Waals surface area contributed by atoms with E-state index in [4.69, 9.17) is 24.7 Å². The number of hydrogen-bond acceptors (Lipinski definition) is 6. The van der Waals surface area contributed by atoms with Crippen LogP contribution in [0.25, 0.3) is 10.9 Å². The highest BCUT2D eigenvalue weighted by molar-refractivity contribution is 6.00. The third-order valence-corrected chi connectivity index (χ3v) is 5.35. The third-order valence-electron chi connectivity index (χ3n) is 5.35. The van der Waals surface area contributed by atoms with Gasteiger partial charge in [-0.15, -0.1) is 0 Å². The van der Waals surface area contributed by atoms with Crippen LogP contribution in [0.4, 0.5) is 0 Å². The summed E-state index contributed by atoms with van der Waals surface area (Å²) in [5.74, 6) is 1.19. The SMILES string of the molecule is Cc1cc(OCCOC2CCOCC2)ccc1Oc1cc2c(cnn2C)cc1C(N)=O. The second-order valence-corrected chi connectivity index (χ2v) is 7.60. The average Bonchev–Trinajstić information content (AvgIpc) is 3.13. The van der Waals surface area contributed by atoms with Gasteiger partial charge in [0.2, 0.25) is 0 Å². The molecule has 1 fully saturated rings. The van der Waals surface area contributed by atoms with Gasteiger partial charge in [-0.1, -0.05) is 0 Å². The minimum atomic E-state index is -0.553. The number of nitrogens with zero attached hydrogens (tertiary/aromatic N) is 2. The fourth-order valence-electron chi connectivity index (χ4n) is 3.62. The number of hydrogen-bond donors (Lipinski definition) is 1. The fraction of sp³-hybridized carbons (Fsp3) is 0.391. The largest absolute Gasteiger partial charge is 0.491 e. The smallest absolute Gasteiger partial charge is 0.252 e. The molecule has 0 radical (unpaired) electrons. The van der Waals surface area contributed by atoms with E-state index >= 15 is 0 Å². The predicted molar refractivity (Wildman–Crippen MR) is 116 cm³/mol. The van der Waals surface area contributed by atoms with Gasteiger partial charge < -0.3 is 24.7 Å². The van der Waals surface area contributed by atoms with Crippen LogP contribution >= 0.6 is 0 Å². The fourth-order valence-corrected chi connectivity index (χ4v) is 3.62. The topological polar surface area (TPSA) is 97.8 Å². The van der Waals surface area contributed by atoms with Crippen LogP contribution < -0.4 is 15.2 Å². The second kappa shape index (κ2) is 9.36. The summed E-state index contributed by atoms with van der Waals surface area (Å²) in [6.07, 6.45) is 3.81. The Morgan fingerprint density at radius 1 is 1.19 bits per heavy atom. The quantitative estimate of drug-likeness (QED) is 0.556. The Bertz CT molecular complexity index is 1070. The first-order valence-electron chi connectivity index (χ1n) is 10.4. The van der Waals surface area contributed by atoms with Gasteiger partial charge in [0.05, 0.1) is 30.0 Å². The van der Waals surface area contributed by atoms with Crippen molar-refractivity contribution in [2.45, 2.75) is 25.9 Å². The van der Waals surface area contributed by atoms with Gasteiger partial charge in [-0.25, -0.2) is 0 Å². The first-order chi connectivity index (χ1) is 15.0. The maximum Gasteiger partial charge on any atom is 0.252 e. The summed E-state index contributed by atoms with van der Waals surface area (Å²) in [7, 11) is 1.83. The number of carbonyl (C=O) groups excluding carboxylic acids is 1. The molecule has 0 atom stereocenters. The molecule has 0 aliphatic carbocycles. The van der Waals surface area contributed by atoms with Crippen molar-refractivity contribution in [1.82, 2.24) is 9.78 Å². The molecule has 0 bridgehead atoms. The van der Waals surface area contributed by atoms with Crippen molar-refractivity contribution >= 4 is 16.8 Å². The Morgan fingerprint density at radius 3 is 2.74 bits per heavy atom. The Morgan fingerprint density at radius 2 is 2.00 bits per heavy atom. The van der Waals surface area contributed by atoms with Gasteiger partial charge in [-0.2, -0.15) is 5.10 Å². The highest BCUT2D eigenvalue weighted by Crippen LogP contribution is 2.33. The Kier molecular flexibility index (Phi) is 6.39. The number of carbonyl (C=O) groups is 1. The number of benzene rings is 2. The summed E-state index contributed by atoms with van der Waals surface area (Å²) < 4.78 is 24.8. The van der Waals surface area contributed by atoms with Crippen LogP contribution in [-0.2, 0) is 16.5 Å². The van der Waals surface area contributed by atoms with Gasteiger partial charge >= 0.3 is 0 Å². The van der Waals surface area contributed by atoms with Crippen molar-refractivity contribution in [3.8, 4) is 17.2 Å². The van der Waals surface area contributed by atoms with E-state index in [9.17, 15) is 4.79 Å². The Labute approximate surface area is 180 Å². The number of primary amides is 1. The van der Waals surface area contributed by atoms with Gasteiger partial charge in [0, 0.05) is 31.7 Å². The normalized spacial score (nSPS) is 14.6. The summed E-state index contributed by atoms with van der Waals surface area (Å²) in [5.41, 5.74) is 7.60. The van der Waals surface area contributed by atoms with E-state index in [0.717, 1.165) is 48.3 Å². The molecule has 2 aromatic carbocycles. The van der Waals surface area contributed by atoms with Gasteiger partial charge in [-0.3, -0.25) is 9.48 Å². The molecular weight excluding hydrogens is 398 g/mol. The zero-order valence-electron chi connectivity index (χ0n) is 17.8. The molecule has 3 aromatic rings. The molecule has 31 heavy (non-hydrogen) atoms. The molecule has 164 valence electrons. The van der Waals surface area contributed by atoms with Crippen molar-refractivity contribution in [3.63, 3.8) is 0 Å². The number of nitrogens with two attached hydrogens (primary N) is 1. The number of aryl methyl sites for hydroxylation is 2. The molecule has 1 aliphatic heterocycles. The minimum Gasteiger partial charge on any atom is -0.491 e. The van der Waals surface area contributed by atoms with Crippen LogP contribution in [0.15, 0.2) is 36.5 Å².